The van der Waals surface area contributed by atoms with Crippen molar-refractivity contribution in [3.63, 3.8) is 0 Å². The molecule has 1 amide bonds. The van der Waals surface area contributed by atoms with Crippen LogP contribution in [0.2, 0.25) is 0 Å². The van der Waals surface area contributed by atoms with Gasteiger partial charge in [0.2, 0.25) is 5.91 Å². The minimum absolute atomic E-state index is 0.0159. The van der Waals surface area contributed by atoms with Crippen molar-refractivity contribution < 1.29 is 23.9 Å². The van der Waals surface area contributed by atoms with Crippen molar-refractivity contribution in [2.45, 2.75) is 19.8 Å². The predicted molar refractivity (Wildman–Crippen MR) is 97.6 cm³/mol. The summed E-state index contributed by atoms with van der Waals surface area (Å²) in [6, 6.07) is 13.3. The van der Waals surface area contributed by atoms with Gasteiger partial charge in [0.1, 0.15) is 5.75 Å². The van der Waals surface area contributed by atoms with Crippen LogP contribution in [0.25, 0.3) is 0 Å². The Labute approximate surface area is 152 Å². The zero-order valence-corrected chi connectivity index (χ0v) is 14.8. The number of hydrogen-bond acceptors (Lipinski definition) is 5. The molecule has 0 aromatic heterocycles. The van der Waals surface area contributed by atoms with Gasteiger partial charge in [-0.25, -0.2) is 4.79 Å². The van der Waals surface area contributed by atoms with Crippen LogP contribution < -0.4 is 10.1 Å². The zero-order valence-electron chi connectivity index (χ0n) is 14.8. The molecular weight excluding hydrogens is 334 g/mol. The van der Waals surface area contributed by atoms with Crippen LogP contribution in [0.15, 0.2) is 48.5 Å². The first-order valence-electron chi connectivity index (χ1n) is 8.28. The zero-order chi connectivity index (χ0) is 18.9. The van der Waals surface area contributed by atoms with Gasteiger partial charge in [-0.15, -0.1) is 0 Å². The number of anilines is 1. The van der Waals surface area contributed by atoms with E-state index in [-0.39, 0.29) is 36.7 Å². The molecular formula is C20H21NO5. The molecule has 0 saturated carbocycles. The largest absolute Gasteiger partial charge is 0.497 e. The van der Waals surface area contributed by atoms with E-state index in [0.29, 0.717) is 17.0 Å². The molecule has 0 fully saturated rings. The molecule has 0 spiro atoms. The molecule has 6 heteroatoms. The van der Waals surface area contributed by atoms with Crippen molar-refractivity contribution in [1.29, 1.82) is 0 Å². The van der Waals surface area contributed by atoms with Gasteiger partial charge < -0.3 is 14.8 Å². The van der Waals surface area contributed by atoms with Gasteiger partial charge in [0, 0.05) is 18.4 Å². The van der Waals surface area contributed by atoms with Crippen molar-refractivity contribution in [3.05, 3.63) is 59.7 Å². The first-order valence-corrected chi connectivity index (χ1v) is 8.28. The number of benzene rings is 2. The van der Waals surface area contributed by atoms with Gasteiger partial charge in [0.25, 0.3) is 0 Å². The first kappa shape index (κ1) is 19.2. The molecule has 2 rings (SSSR count). The minimum atomic E-state index is -0.502. The van der Waals surface area contributed by atoms with E-state index < -0.39 is 5.97 Å². The van der Waals surface area contributed by atoms with E-state index in [1.54, 1.807) is 62.6 Å². The van der Waals surface area contributed by atoms with Gasteiger partial charge in [-0.1, -0.05) is 12.1 Å². The van der Waals surface area contributed by atoms with E-state index in [1.807, 2.05) is 0 Å². The summed E-state index contributed by atoms with van der Waals surface area (Å²) < 4.78 is 10.0. The van der Waals surface area contributed by atoms with Crippen LogP contribution in [0.5, 0.6) is 5.75 Å². The lowest BCUT2D eigenvalue weighted by Gasteiger charge is -2.10. The summed E-state index contributed by atoms with van der Waals surface area (Å²) in [6.45, 7) is 1.96. The van der Waals surface area contributed by atoms with Crippen LogP contribution in [-0.4, -0.2) is 31.4 Å². The van der Waals surface area contributed by atoms with Gasteiger partial charge in [-0.05, 0) is 43.3 Å². The summed E-state index contributed by atoms with van der Waals surface area (Å²) in [5.41, 5.74) is 1.17. The summed E-state index contributed by atoms with van der Waals surface area (Å²) in [6.07, 6.45) is 0.0851. The van der Waals surface area contributed by atoms with E-state index in [9.17, 15) is 14.4 Å². The highest BCUT2D eigenvalue weighted by molar-refractivity contribution is 6.03. The summed E-state index contributed by atoms with van der Waals surface area (Å²) in [4.78, 5) is 36.2. The number of Topliss-reactive ketones (excluding diaryl/α,β-unsaturated/α-hetero) is 1. The third-order valence-electron chi connectivity index (χ3n) is 3.69. The van der Waals surface area contributed by atoms with Crippen molar-refractivity contribution in [2.75, 3.05) is 19.0 Å². The Morgan fingerprint density at radius 1 is 0.962 bits per heavy atom. The van der Waals surface area contributed by atoms with Crippen LogP contribution >= 0.6 is 0 Å². The topological polar surface area (TPSA) is 81.7 Å². The van der Waals surface area contributed by atoms with E-state index in [0.717, 1.165) is 0 Å². The number of hydrogen-bond donors (Lipinski definition) is 1. The monoisotopic (exact) mass is 355 g/mol. The van der Waals surface area contributed by atoms with Crippen molar-refractivity contribution in [3.8, 4) is 5.75 Å². The van der Waals surface area contributed by atoms with Gasteiger partial charge in [-0.2, -0.15) is 0 Å². The number of rotatable bonds is 8. The molecule has 0 aliphatic heterocycles. The molecule has 0 saturated heterocycles. The second-order valence-corrected chi connectivity index (χ2v) is 5.47. The van der Waals surface area contributed by atoms with E-state index in [4.69, 9.17) is 9.47 Å². The molecule has 0 aliphatic rings. The van der Waals surface area contributed by atoms with Crippen molar-refractivity contribution in [1.82, 2.24) is 0 Å². The fraction of sp³-hybridized carbons (Fsp3) is 0.250. The number of ether oxygens (including phenoxy) is 2. The van der Waals surface area contributed by atoms with Crippen LogP contribution in [0.3, 0.4) is 0 Å². The van der Waals surface area contributed by atoms with Crippen LogP contribution in [0, 0.1) is 0 Å². The van der Waals surface area contributed by atoms with Gasteiger partial charge in [-0.3, -0.25) is 9.59 Å². The maximum Gasteiger partial charge on any atom is 0.340 e. The highest BCUT2D eigenvalue weighted by Gasteiger charge is 2.15. The smallest absolute Gasteiger partial charge is 0.340 e. The summed E-state index contributed by atoms with van der Waals surface area (Å²) in [5.74, 6) is -0.322. The number of ketones is 1. The molecule has 0 bridgehead atoms. The van der Waals surface area contributed by atoms with E-state index in [1.165, 1.54) is 0 Å². The average Bonchev–Trinajstić information content (AvgIpc) is 2.66. The molecule has 136 valence electrons. The number of methoxy groups -OCH3 is 1. The Morgan fingerprint density at radius 3 is 2.31 bits per heavy atom. The normalized spacial score (nSPS) is 10.1. The Kier molecular flexibility index (Phi) is 6.91. The number of nitrogens with one attached hydrogen (secondary N) is 1. The number of para-hydroxylation sites is 1. The summed E-state index contributed by atoms with van der Waals surface area (Å²) in [7, 11) is 1.55. The Balaban J connectivity index is 1.94. The standard InChI is InChI=1S/C20H21NO5/c1-3-26-20(24)16-6-4-5-7-17(16)21-19(23)13-12-18(22)14-8-10-15(25-2)11-9-14/h4-11H,3,12-13H2,1-2H3,(H,21,23). The molecule has 2 aromatic carbocycles. The predicted octanol–water partition coefficient (Wildman–Crippen LogP) is 3.47. The molecule has 6 nitrogen and oxygen atoms in total. The number of amides is 1. The molecule has 0 radical (unpaired) electrons. The quantitative estimate of drug-likeness (QED) is 0.579. The lowest BCUT2D eigenvalue weighted by molar-refractivity contribution is -0.116. The third-order valence-corrected chi connectivity index (χ3v) is 3.69. The highest BCUT2D eigenvalue weighted by atomic mass is 16.5. The SMILES string of the molecule is CCOC(=O)c1ccccc1NC(=O)CCC(=O)c1ccc(OC)cc1. The van der Waals surface area contributed by atoms with Gasteiger partial charge >= 0.3 is 5.97 Å². The fourth-order valence-electron chi connectivity index (χ4n) is 2.34. The average molecular weight is 355 g/mol. The Hall–Kier alpha value is -3.15. The van der Waals surface area contributed by atoms with Crippen LogP contribution in [-0.2, 0) is 9.53 Å². The van der Waals surface area contributed by atoms with Gasteiger partial charge in [0.05, 0.1) is 25.0 Å². The molecule has 0 aliphatic carbocycles. The lowest BCUT2D eigenvalue weighted by Crippen LogP contribution is -2.16. The maximum absolute atomic E-state index is 12.2. The van der Waals surface area contributed by atoms with Crippen LogP contribution in [0.1, 0.15) is 40.5 Å². The lowest BCUT2D eigenvalue weighted by atomic mass is 10.1. The van der Waals surface area contributed by atoms with E-state index >= 15 is 0 Å². The fourth-order valence-corrected chi connectivity index (χ4v) is 2.34. The second-order valence-electron chi connectivity index (χ2n) is 5.47. The molecule has 0 atom stereocenters. The number of carbonyl (C=O) groups excluding carboxylic acids is 3. The van der Waals surface area contributed by atoms with E-state index in [2.05, 4.69) is 5.32 Å². The molecule has 0 unspecified atom stereocenters. The summed E-state index contributed by atoms with van der Waals surface area (Å²) >= 11 is 0. The van der Waals surface area contributed by atoms with Gasteiger partial charge in [0.15, 0.2) is 5.78 Å². The Morgan fingerprint density at radius 2 is 1.65 bits per heavy atom. The Bertz CT molecular complexity index is 783. The van der Waals surface area contributed by atoms with Crippen LogP contribution in [0.4, 0.5) is 5.69 Å². The third kappa shape index (κ3) is 5.17. The maximum atomic E-state index is 12.2. The number of carbonyl (C=O) groups is 3. The minimum Gasteiger partial charge on any atom is -0.497 e. The van der Waals surface area contributed by atoms with Crippen molar-refractivity contribution in [2.24, 2.45) is 0 Å². The molecule has 2 aromatic rings. The number of esters is 1. The highest BCUT2D eigenvalue weighted by Crippen LogP contribution is 2.17. The van der Waals surface area contributed by atoms with Crippen molar-refractivity contribution >= 4 is 23.3 Å². The molecule has 1 N–H and O–H groups in total. The summed E-state index contributed by atoms with van der Waals surface area (Å²) in [5, 5.41) is 2.66. The molecule has 26 heavy (non-hydrogen) atoms. The second kappa shape index (κ2) is 9.36. The molecule has 0 heterocycles. The first-order chi connectivity index (χ1) is 12.5.